The van der Waals surface area contributed by atoms with Gasteiger partial charge in [-0.05, 0) is 65.3 Å². The fraction of sp³-hybridized carbons (Fsp3) is 0.385. The summed E-state index contributed by atoms with van der Waals surface area (Å²) in [6.45, 7) is 6.97. The number of fused-ring (bicyclic) bond motifs is 1. The molecule has 0 saturated carbocycles. The van der Waals surface area contributed by atoms with Gasteiger partial charge in [0.1, 0.15) is 16.8 Å². The van der Waals surface area contributed by atoms with E-state index in [1.54, 1.807) is 30.2 Å². The zero-order valence-electron chi connectivity index (χ0n) is 18.6. The van der Waals surface area contributed by atoms with Crippen LogP contribution in [0.3, 0.4) is 0 Å². The summed E-state index contributed by atoms with van der Waals surface area (Å²) in [6, 6.07) is 14.8. The maximum absolute atomic E-state index is 10.1. The number of nitriles is 1. The van der Waals surface area contributed by atoms with Gasteiger partial charge in [0.05, 0.1) is 12.7 Å². The Morgan fingerprint density at radius 3 is 2.77 bits per heavy atom. The number of rotatable bonds is 5. The van der Waals surface area contributed by atoms with Crippen molar-refractivity contribution in [3.8, 4) is 22.3 Å². The SMILES string of the molecule is COc1cccc(CSc2nc3c(c(-c4cccs4)c2C#N)CCC(C(C)(C)C)C3)c1. The second-order valence-electron chi connectivity index (χ2n) is 9.13. The van der Waals surface area contributed by atoms with E-state index < -0.39 is 0 Å². The minimum absolute atomic E-state index is 0.254. The molecule has 0 radical (unpaired) electrons. The lowest BCUT2D eigenvalue weighted by atomic mass is 9.71. The summed E-state index contributed by atoms with van der Waals surface area (Å²) in [4.78, 5) is 6.26. The Labute approximate surface area is 193 Å². The van der Waals surface area contributed by atoms with Gasteiger partial charge in [-0.15, -0.1) is 23.1 Å². The molecule has 160 valence electrons. The van der Waals surface area contributed by atoms with Gasteiger partial charge in [0.25, 0.3) is 0 Å². The fourth-order valence-corrected chi connectivity index (χ4v) is 6.05. The molecule has 1 aliphatic rings. The van der Waals surface area contributed by atoms with Gasteiger partial charge >= 0.3 is 0 Å². The molecule has 1 atom stereocenters. The average molecular weight is 449 g/mol. The Morgan fingerprint density at radius 1 is 1.26 bits per heavy atom. The Bertz CT molecular complexity index is 1110. The van der Waals surface area contributed by atoms with Crippen LogP contribution in [0.15, 0.2) is 46.8 Å². The van der Waals surface area contributed by atoms with E-state index in [1.807, 2.05) is 18.2 Å². The van der Waals surface area contributed by atoms with Crippen LogP contribution in [0, 0.1) is 22.7 Å². The number of hydrogen-bond donors (Lipinski definition) is 0. The quantitative estimate of drug-likeness (QED) is 0.389. The standard InChI is InChI=1S/C26H28N2OS2/c1-26(2,3)18-10-11-20-22(14-18)28-25(21(15-27)24(20)23-9-6-12-30-23)31-16-17-7-5-8-19(13-17)29-4/h5-9,12-13,18H,10-11,14,16H2,1-4H3. The molecule has 2 aromatic heterocycles. The summed E-state index contributed by atoms with van der Waals surface area (Å²) in [5.74, 6) is 2.21. The highest BCUT2D eigenvalue weighted by Gasteiger charge is 2.32. The second-order valence-corrected chi connectivity index (χ2v) is 11.0. The van der Waals surface area contributed by atoms with E-state index in [0.29, 0.717) is 5.92 Å². The van der Waals surface area contributed by atoms with Crippen molar-refractivity contribution in [3.63, 3.8) is 0 Å². The van der Waals surface area contributed by atoms with Crippen LogP contribution in [0.5, 0.6) is 5.75 Å². The molecule has 1 unspecified atom stereocenters. The lowest BCUT2D eigenvalue weighted by Crippen LogP contribution is -2.28. The molecule has 5 heteroatoms. The van der Waals surface area contributed by atoms with Crippen molar-refractivity contribution >= 4 is 23.1 Å². The number of methoxy groups -OCH3 is 1. The number of thioether (sulfide) groups is 1. The van der Waals surface area contributed by atoms with Gasteiger partial charge in [-0.25, -0.2) is 4.98 Å². The van der Waals surface area contributed by atoms with E-state index in [9.17, 15) is 5.26 Å². The van der Waals surface area contributed by atoms with E-state index >= 15 is 0 Å². The minimum Gasteiger partial charge on any atom is -0.497 e. The molecule has 1 aliphatic carbocycles. The highest BCUT2D eigenvalue weighted by Crippen LogP contribution is 2.44. The predicted octanol–water partition coefficient (Wildman–Crippen LogP) is 7.13. The fourth-order valence-electron chi connectivity index (χ4n) is 4.29. The first-order valence-electron chi connectivity index (χ1n) is 10.7. The highest BCUT2D eigenvalue weighted by atomic mass is 32.2. The van der Waals surface area contributed by atoms with Gasteiger partial charge in [-0.3, -0.25) is 0 Å². The van der Waals surface area contributed by atoms with Gasteiger partial charge in [0.2, 0.25) is 0 Å². The van der Waals surface area contributed by atoms with E-state index in [1.165, 1.54) is 16.1 Å². The van der Waals surface area contributed by atoms with Crippen LogP contribution in [0.4, 0.5) is 0 Å². The molecule has 3 aromatic rings. The number of ether oxygens (including phenoxy) is 1. The summed E-state index contributed by atoms with van der Waals surface area (Å²) in [6.07, 6.45) is 3.13. The molecule has 0 N–H and O–H groups in total. The molecule has 3 nitrogen and oxygen atoms in total. The van der Waals surface area contributed by atoms with Crippen LogP contribution >= 0.6 is 23.1 Å². The molecule has 0 aliphatic heterocycles. The summed E-state index contributed by atoms with van der Waals surface area (Å²) >= 11 is 3.36. The Morgan fingerprint density at radius 2 is 2.10 bits per heavy atom. The first-order valence-corrected chi connectivity index (χ1v) is 12.5. The highest BCUT2D eigenvalue weighted by molar-refractivity contribution is 7.98. The lowest BCUT2D eigenvalue weighted by molar-refractivity contribution is 0.213. The maximum Gasteiger partial charge on any atom is 0.119 e. The summed E-state index contributed by atoms with van der Waals surface area (Å²) in [5.41, 5.74) is 5.72. The largest absolute Gasteiger partial charge is 0.497 e. The van der Waals surface area contributed by atoms with Crippen molar-refractivity contribution < 1.29 is 4.74 Å². The van der Waals surface area contributed by atoms with Crippen molar-refractivity contribution in [1.29, 1.82) is 5.26 Å². The van der Waals surface area contributed by atoms with E-state index in [2.05, 4.69) is 50.4 Å². The number of nitrogens with zero attached hydrogens (tertiary/aromatic N) is 2. The molecule has 0 saturated heterocycles. The first-order chi connectivity index (χ1) is 14.9. The average Bonchev–Trinajstić information content (AvgIpc) is 3.30. The molecule has 1 aromatic carbocycles. The molecular formula is C26H28N2OS2. The van der Waals surface area contributed by atoms with E-state index in [4.69, 9.17) is 9.72 Å². The molecule has 2 heterocycles. The van der Waals surface area contributed by atoms with Gasteiger partial charge < -0.3 is 4.74 Å². The molecule has 31 heavy (non-hydrogen) atoms. The monoisotopic (exact) mass is 448 g/mol. The number of pyridine rings is 1. The lowest BCUT2D eigenvalue weighted by Gasteiger charge is -2.35. The third kappa shape index (κ3) is 4.66. The predicted molar refractivity (Wildman–Crippen MR) is 130 cm³/mol. The van der Waals surface area contributed by atoms with Gasteiger partial charge in [0, 0.05) is 21.9 Å². The van der Waals surface area contributed by atoms with Gasteiger partial charge in [-0.2, -0.15) is 5.26 Å². The van der Waals surface area contributed by atoms with Crippen LogP contribution in [0.25, 0.3) is 10.4 Å². The Kier molecular flexibility index (Phi) is 6.41. The second kappa shape index (κ2) is 9.06. The van der Waals surface area contributed by atoms with Crippen molar-refractivity contribution in [3.05, 3.63) is 64.2 Å². The number of hydrogen-bond acceptors (Lipinski definition) is 5. The van der Waals surface area contributed by atoms with Crippen LogP contribution in [0.1, 0.15) is 49.6 Å². The normalized spacial score (nSPS) is 15.9. The van der Waals surface area contributed by atoms with Crippen molar-refractivity contribution in [1.82, 2.24) is 4.98 Å². The van der Waals surface area contributed by atoms with Gasteiger partial charge in [-0.1, -0.05) is 39.0 Å². The molecule has 0 amide bonds. The van der Waals surface area contributed by atoms with Crippen LogP contribution in [0.2, 0.25) is 0 Å². The zero-order chi connectivity index (χ0) is 22.0. The molecule has 4 rings (SSSR count). The number of thiophene rings is 1. The van der Waals surface area contributed by atoms with Crippen molar-refractivity contribution in [2.24, 2.45) is 11.3 Å². The Hall–Kier alpha value is -2.29. The minimum atomic E-state index is 0.254. The summed E-state index contributed by atoms with van der Waals surface area (Å²) in [5, 5.41) is 13.1. The van der Waals surface area contributed by atoms with E-state index in [-0.39, 0.29) is 5.41 Å². The van der Waals surface area contributed by atoms with Gasteiger partial charge in [0.15, 0.2) is 0 Å². The third-order valence-corrected chi connectivity index (χ3v) is 8.08. The Balaban J connectivity index is 1.76. The third-order valence-electron chi connectivity index (χ3n) is 6.15. The molecular weight excluding hydrogens is 420 g/mol. The van der Waals surface area contributed by atoms with Crippen LogP contribution in [-0.2, 0) is 18.6 Å². The summed E-state index contributed by atoms with van der Waals surface area (Å²) < 4.78 is 5.36. The maximum atomic E-state index is 10.1. The first kappa shape index (κ1) is 21.9. The summed E-state index contributed by atoms with van der Waals surface area (Å²) in [7, 11) is 1.68. The number of aromatic nitrogens is 1. The smallest absolute Gasteiger partial charge is 0.119 e. The molecule has 0 bridgehead atoms. The van der Waals surface area contributed by atoms with Crippen molar-refractivity contribution in [2.75, 3.05) is 7.11 Å². The van der Waals surface area contributed by atoms with E-state index in [0.717, 1.165) is 52.5 Å². The molecule has 0 fully saturated rings. The van der Waals surface area contributed by atoms with Crippen molar-refractivity contribution in [2.45, 2.75) is 50.8 Å². The molecule has 0 spiro atoms. The van der Waals surface area contributed by atoms with Crippen LogP contribution < -0.4 is 4.74 Å². The number of benzene rings is 1. The topological polar surface area (TPSA) is 45.9 Å². The van der Waals surface area contributed by atoms with Crippen LogP contribution in [-0.4, -0.2) is 12.1 Å². The zero-order valence-corrected chi connectivity index (χ0v) is 20.2.